The standard InChI is InChI=1S/C6H11NO3/c1-4-3-10-5(2-7-4)6(8)9/h4-5,7H,2-3H2,1H3,(H,8,9)/t4-,5?/m0/s1. The summed E-state index contributed by atoms with van der Waals surface area (Å²) in [6.07, 6.45) is -0.656. The van der Waals surface area contributed by atoms with E-state index in [0.717, 1.165) is 0 Å². The molecule has 2 N–H and O–H groups in total. The van der Waals surface area contributed by atoms with Crippen molar-refractivity contribution in [3.8, 4) is 0 Å². The van der Waals surface area contributed by atoms with Crippen LogP contribution >= 0.6 is 0 Å². The van der Waals surface area contributed by atoms with E-state index in [0.29, 0.717) is 13.2 Å². The molecule has 4 nitrogen and oxygen atoms in total. The van der Waals surface area contributed by atoms with E-state index >= 15 is 0 Å². The van der Waals surface area contributed by atoms with Crippen LogP contribution in [0.2, 0.25) is 0 Å². The van der Waals surface area contributed by atoms with Crippen molar-refractivity contribution in [3.63, 3.8) is 0 Å². The van der Waals surface area contributed by atoms with Crippen LogP contribution in [0.1, 0.15) is 6.92 Å². The van der Waals surface area contributed by atoms with Crippen LogP contribution in [-0.4, -0.2) is 36.4 Å². The smallest absolute Gasteiger partial charge is 0.334 e. The van der Waals surface area contributed by atoms with Gasteiger partial charge in [-0.25, -0.2) is 4.79 Å². The van der Waals surface area contributed by atoms with Gasteiger partial charge >= 0.3 is 5.97 Å². The summed E-state index contributed by atoms with van der Waals surface area (Å²) < 4.78 is 4.99. The van der Waals surface area contributed by atoms with E-state index in [4.69, 9.17) is 9.84 Å². The van der Waals surface area contributed by atoms with E-state index in [2.05, 4.69) is 5.32 Å². The lowest BCUT2D eigenvalue weighted by Gasteiger charge is -2.25. The number of nitrogens with one attached hydrogen (secondary N) is 1. The maximum absolute atomic E-state index is 10.3. The van der Waals surface area contributed by atoms with Crippen LogP contribution in [-0.2, 0) is 9.53 Å². The highest BCUT2D eigenvalue weighted by molar-refractivity contribution is 5.72. The Hall–Kier alpha value is -0.610. The number of rotatable bonds is 1. The Labute approximate surface area is 59.2 Å². The summed E-state index contributed by atoms with van der Waals surface area (Å²) in [7, 11) is 0. The first-order valence-electron chi connectivity index (χ1n) is 3.28. The number of carboxylic acids is 1. The minimum Gasteiger partial charge on any atom is -0.479 e. The molecular weight excluding hydrogens is 134 g/mol. The Morgan fingerprint density at radius 1 is 1.80 bits per heavy atom. The summed E-state index contributed by atoms with van der Waals surface area (Å²) in [4.78, 5) is 10.3. The van der Waals surface area contributed by atoms with E-state index in [9.17, 15) is 4.79 Å². The number of carbonyl (C=O) groups is 1. The zero-order chi connectivity index (χ0) is 7.56. The van der Waals surface area contributed by atoms with Gasteiger partial charge in [0.15, 0.2) is 6.10 Å². The van der Waals surface area contributed by atoms with E-state index in [-0.39, 0.29) is 6.04 Å². The number of carboxylic acid groups (broad SMARTS) is 1. The lowest BCUT2D eigenvalue weighted by atomic mass is 10.2. The fourth-order valence-corrected chi connectivity index (χ4v) is 0.845. The molecule has 1 heterocycles. The summed E-state index contributed by atoms with van der Waals surface area (Å²) in [6.45, 7) is 2.85. The molecule has 0 aliphatic carbocycles. The monoisotopic (exact) mass is 145 g/mol. The molecule has 2 atom stereocenters. The molecule has 0 aromatic carbocycles. The van der Waals surface area contributed by atoms with Gasteiger partial charge in [0.05, 0.1) is 6.61 Å². The van der Waals surface area contributed by atoms with Gasteiger partial charge < -0.3 is 15.2 Å². The molecule has 4 heteroatoms. The molecular formula is C6H11NO3. The molecule has 0 saturated carbocycles. The zero-order valence-electron chi connectivity index (χ0n) is 5.83. The minimum absolute atomic E-state index is 0.274. The molecule has 1 rings (SSSR count). The first-order chi connectivity index (χ1) is 4.70. The van der Waals surface area contributed by atoms with Crippen LogP contribution in [0.5, 0.6) is 0 Å². The minimum atomic E-state index is -0.889. The Morgan fingerprint density at radius 3 is 2.90 bits per heavy atom. The van der Waals surface area contributed by atoms with Gasteiger partial charge in [0.2, 0.25) is 0 Å². The lowest BCUT2D eigenvalue weighted by molar-refractivity contribution is -0.152. The highest BCUT2D eigenvalue weighted by Crippen LogP contribution is 1.99. The fraction of sp³-hybridized carbons (Fsp3) is 0.833. The lowest BCUT2D eigenvalue weighted by Crippen LogP contribution is -2.47. The number of aliphatic carboxylic acids is 1. The van der Waals surface area contributed by atoms with Crippen LogP contribution < -0.4 is 5.32 Å². The summed E-state index contributed by atoms with van der Waals surface area (Å²) in [5.74, 6) is -0.889. The normalized spacial score (nSPS) is 33.7. The highest BCUT2D eigenvalue weighted by Gasteiger charge is 2.23. The maximum Gasteiger partial charge on any atom is 0.334 e. The van der Waals surface area contributed by atoms with Gasteiger partial charge in [0, 0.05) is 12.6 Å². The third kappa shape index (κ3) is 1.68. The van der Waals surface area contributed by atoms with Crippen molar-refractivity contribution < 1.29 is 14.6 Å². The predicted octanol–water partition coefficient (Wildman–Crippen LogP) is -0.552. The summed E-state index contributed by atoms with van der Waals surface area (Å²) >= 11 is 0. The average Bonchev–Trinajstić information content (AvgIpc) is 1.88. The van der Waals surface area contributed by atoms with Gasteiger partial charge in [0.25, 0.3) is 0 Å². The van der Waals surface area contributed by atoms with Crippen molar-refractivity contribution in [2.45, 2.75) is 19.1 Å². The maximum atomic E-state index is 10.3. The Kier molecular flexibility index (Phi) is 2.24. The van der Waals surface area contributed by atoms with Gasteiger partial charge in [-0.1, -0.05) is 0 Å². The van der Waals surface area contributed by atoms with Gasteiger partial charge in [-0.15, -0.1) is 0 Å². The first kappa shape index (κ1) is 7.50. The van der Waals surface area contributed by atoms with Crippen molar-refractivity contribution in [1.82, 2.24) is 5.32 Å². The average molecular weight is 145 g/mol. The molecule has 10 heavy (non-hydrogen) atoms. The van der Waals surface area contributed by atoms with Crippen molar-refractivity contribution in [1.29, 1.82) is 0 Å². The molecule has 58 valence electrons. The predicted molar refractivity (Wildman–Crippen MR) is 34.8 cm³/mol. The second kappa shape index (κ2) is 2.98. The summed E-state index contributed by atoms with van der Waals surface area (Å²) in [5.41, 5.74) is 0. The Balaban J connectivity index is 2.33. The van der Waals surface area contributed by atoms with Gasteiger partial charge in [-0.2, -0.15) is 0 Å². The molecule has 1 saturated heterocycles. The number of hydrogen-bond donors (Lipinski definition) is 2. The van der Waals surface area contributed by atoms with E-state index < -0.39 is 12.1 Å². The van der Waals surface area contributed by atoms with E-state index in [1.54, 1.807) is 0 Å². The molecule has 0 aromatic heterocycles. The van der Waals surface area contributed by atoms with Crippen LogP contribution in [0.3, 0.4) is 0 Å². The molecule has 0 spiro atoms. The van der Waals surface area contributed by atoms with Crippen LogP contribution in [0.4, 0.5) is 0 Å². The summed E-state index contributed by atoms with van der Waals surface area (Å²) in [6, 6.07) is 0.274. The molecule has 1 fully saturated rings. The number of morpholine rings is 1. The second-order valence-electron chi connectivity index (χ2n) is 2.47. The third-order valence-corrected chi connectivity index (χ3v) is 1.47. The molecule has 0 radical (unpaired) electrons. The van der Waals surface area contributed by atoms with Crippen molar-refractivity contribution >= 4 is 5.97 Å². The van der Waals surface area contributed by atoms with Crippen molar-refractivity contribution in [2.24, 2.45) is 0 Å². The quantitative estimate of drug-likeness (QED) is 0.519. The Bertz CT molecular complexity index is 129. The first-order valence-corrected chi connectivity index (χ1v) is 3.28. The van der Waals surface area contributed by atoms with Crippen LogP contribution in [0, 0.1) is 0 Å². The third-order valence-electron chi connectivity index (χ3n) is 1.47. The van der Waals surface area contributed by atoms with Gasteiger partial charge in [-0.05, 0) is 6.92 Å². The zero-order valence-corrected chi connectivity index (χ0v) is 5.83. The molecule has 0 aromatic rings. The Morgan fingerprint density at radius 2 is 2.50 bits per heavy atom. The number of hydrogen-bond acceptors (Lipinski definition) is 3. The van der Waals surface area contributed by atoms with E-state index in [1.807, 2.05) is 6.92 Å². The number of ether oxygens (including phenoxy) is 1. The summed E-state index contributed by atoms with van der Waals surface area (Å²) in [5, 5.41) is 11.5. The molecule has 0 bridgehead atoms. The van der Waals surface area contributed by atoms with Crippen molar-refractivity contribution in [3.05, 3.63) is 0 Å². The van der Waals surface area contributed by atoms with E-state index in [1.165, 1.54) is 0 Å². The van der Waals surface area contributed by atoms with Gasteiger partial charge in [-0.3, -0.25) is 0 Å². The molecule has 1 aliphatic rings. The van der Waals surface area contributed by atoms with Crippen LogP contribution in [0.25, 0.3) is 0 Å². The van der Waals surface area contributed by atoms with Gasteiger partial charge in [0.1, 0.15) is 0 Å². The van der Waals surface area contributed by atoms with Crippen molar-refractivity contribution in [2.75, 3.05) is 13.2 Å². The fourth-order valence-electron chi connectivity index (χ4n) is 0.845. The SMILES string of the molecule is C[C@H]1COC(C(=O)O)CN1. The molecule has 1 unspecified atom stereocenters. The molecule has 1 aliphatic heterocycles. The largest absolute Gasteiger partial charge is 0.479 e. The highest BCUT2D eigenvalue weighted by atomic mass is 16.5. The second-order valence-corrected chi connectivity index (χ2v) is 2.47. The molecule has 0 amide bonds. The van der Waals surface area contributed by atoms with Crippen LogP contribution in [0.15, 0.2) is 0 Å². The topological polar surface area (TPSA) is 58.6 Å².